The van der Waals surface area contributed by atoms with Crippen LogP contribution in [0.25, 0.3) is 5.57 Å². The van der Waals surface area contributed by atoms with Gasteiger partial charge in [-0.3, -0.25) is 9.78 Å². The number of hydrogen-bond acceptors (Lipinski definition) is 9. The van der Waals surface area contributed by atoms with Crippen molar-refractivity contribution >= 4 is 23.5 Å². The Morgan fingerprint density at radius 1 is 1.21 bits per heavy atom. The number of piperidine rings is 1. The molecular weight excluding hydrogens is 494 g/mol. The van der Waals surface area contributed by atoms with Crippen molar-refractivity contribution < 1.29 is 15.0 Å². The van der Waals surface area contributed by atoms with Crippen molar-refractivity contribution in [2.45, 2.75) is 96.6 Å². The van der Waals surface area contributed by atoms with Gasteiger partial charge in [-0.1, -0.05) is 19.1 Å². The first-order valence-electron chi connectivity index (χ1n) is 13.7. The molecule has 2 aliphatic rings. The molecule has 3 heterocycles. The number of nitrogens with zero attached hydrogens (tertiary/aromatic N) is 5. The summed E-state index contributed by atoms with van der Waals surface area (Å²) in [5.74, 6) is 1.10. The first-order chi connectivity index (χ1) is 18.4. The Labute approximate surface area is 232 Å². The van der Waals surface area contributed by atoms with Crippen LogP contribution in [0.1, 0.15) is 78.8 Å². The minimum absolute atomic E-state index is 0.0953. The topological polar surface area (TPSA) is 140 Å². The SMILES string of the molecule is CCC/C(O)=C(\C=C/CC1=CNC(O)N=C1)c1cnc(N(C)C2CC(C)(C)N(C(=O)CCN)C(C)(C)C2)cn1. The van der Waals surface area contributed by atoms with Crippen molar-refractivity contribution in [3.8, 4) is 0 Å². The Morgan fingerprint density at radius 2 is 1.90 bits per heavy atom. The number of anilines is 1. The van der Waals surface area contributed by atoms with Crippen molar-refractivity contribution in [3.63, 3.8) is 0 Å². The van der Waals surface area contributed by atoms with Crippen molar-refractivity contribution in [1.29, 1.82) is 0 Å². The molecule has 0 aliphatic carbocycles. The number of nitrogens with two attached hydrogens (primary N) is 1. The van der Waals surface area contributed by atoms with Crippen LogP contribution in [0.4, 0.5) is 5.82 Å². The third-order valence-electron chi connectivity index (χ3n) is 7.35. The zero-order valence-corrected chi connectivity index (χ0v) is 24.2. The van der Waals surface area contributed by atoms with Gasteiger partial charge in [-0.05, 0) is 59.0 Å². The summed E-state index contributed by atoms with van der Waals surface area (Å²) in [6, 6.07) is 0.165. The lowest BCUT2D eigenvalue weighted by Crippen LogP contribution is -2.66. The van der Waals surface area contributed by atoms with E-state index in [2.05, 4.69) is 47.9 Å². The number of rotatable bonds is 10. The van der Waals surface area contributed by atoms with Crippen LogP contribution >= 0.6 is 0 Å². The van der Waals surface area contributed by atoms with E-state index in [-0.39, 0.29) is 28.8 Å². The summed E-state index contributed by atoms with van der Waals surface area (Å²) in [4.78, 5) is 30.4. The minimum atomic E-state index is -0.906. The number of carbonyl (C=O) groups is 1. The quantitative estimate of drug-likeness (QED) is 0.261. The molecule has 3 rings (SSSR count). The molecule has 0 spiro atoms. The van der Waals surface area contributed by atoms with Crippen LogP contribution in [0.3, 0.4) is 0 Å². The summed E-state index contributed by atoms with van der Waals surface area (Å²) < 4.78 is 0. The number of aliphatic imine (C=N–C) groups is 1. The maximum atomic E-state index is 12.9. The highest BCUT2D eigenvalue weighted by Gasteiger charge is 2.48. The zero-order chi connectivity index (χ0) is 28.8. The van der Waals surface area contributed by atoms with Crippen molar-refractivity contribution in [2.24, 2.45) is 10.7 Å². The highest BCUT2D eigenvalue weighted by atomic mass is 16.3. The van der Waals surface area contributed by atoms with E-state index in [0.29, 0.717) is 37.1 Å². The molecule has 1 atom stereocenters. The summed E-state index contributed by atoms with van der Waals surface area (Å²) in [6.45, 7) is 10.8. The van der Waals surface area contributed by atoms with Gasteiger partial charge in [0.1, 0.15) is 11.6 Å². The van der Waals surface area contributed by atoms with Crippen LogP contribution in [0.15, 0.2) is 47.1 Å². The van der Waals surface area contributed by atoms with Gasteiger partial charge in [-0.25, -0.2) is 9.98 Å². The van der Waals surface area contributed by atoms with Gasteiger partial charge in [0.2, 0.25) is 12.3 Å². The van der Waals surface area contributed by atoms with Gasteiger partial charge in [0.25, 0.3) is 0 Å². The molecule has 0 aromatic carbocycles. The third kappa shape index (κ3) is 7.45. The highest BCUT2D eigenvalue weighted by Crippen LogP contribution is 2.41. The van der Waals surface area contributed by atoms with Crippen LogP contribution in [-0.4, -0.2) is 74.3 Å². The molecule has 1 fully saturated rings. The molecule has 39 heavy (non-hydrogen) atoms. The maximum absolute atomic E-state index is 12.9. The van der Waals surface area contributed by atoms with Crippen molar-refractivity contribution in [1.82, 2.24) is 20.2 Å². The highest BCUT2D eigenvalue weighted by molar-refractivity contribution is 5.80. The molecular formula is C29H45N7O3. The van der Waals surface area contributed by atoms with E-state index < -0.39 is 6.35 Å². The number of amides is 1. The molecule has 1 unspecified atom stereocenters. The Kier molecular flexibility index (Phi) is 9.90. The van der Waals surface area contributed by atoms with Gasteiger partial charge in [0, 0.05) is 61.5 Å². The Balaban J connectivity index is 1.78. The van der Waals surface area contributed by atoms with Crippen LogP contribution < -0.4 is 16.0 Å². The Hall–Kier alpha value is -3.24. The Bertz CT molecular complexity index is 1100. The van der Waals surface area contributed by atoms with E-state index in [1.165, 1.54) is 0 Å². The minimum Gasteiger partial charge on any atom is -0.512 e. The summed E-state index contributed by atoms with van der Waals surface area (Å²) in [6.07, 6.45) is 13.5. The monoisotopic (exact) mass is 539 g/mol. The number of likely N-dealkylation sites (tertiary alicyclic amines) is 1. The molecule has 1 saturated heterocycles. The van der Waals surface area contributed by atoms with Gasteiger partial charge in [-0.2, -0.15) is 0 Å². The third-order valence-corrected chi connectivity index (χ3v) is 7.35. The summed E-state index contributed by atoms with van der Waals surface area (Å²) in [7, 11) is 2.02. The average Bonchev–Trinajstić information content (AvgIpc) is 2.86. The molecule has 0 bridgehead atoms. The predicted octanol–water partition coefficient (Wildman–Crippen LogP) is 3.66. The van der Waals surface area contributed by atoms with Gasteiger partial charge in [0.05, 0.1) is 18.1 Å². The van der Waals surface area contributed by atoms with Crippen LogP contribution in [0.5, 0.6) is 0 Å². The number of carbonyl (C=O) groups excluding carboxylic acids is 1. The van der Waals surface area contributed by atoms with Crippen LogP contribution in [0, 0.1) is 0 Å². The first kappa shape index (κ1) is 30.3. The zero-order valence-electron chi connectivity index (χ0n) is 24.2. The second-order valence-electron chi connectivity index (χ2n) is 11.6. The number of nitrogens with one attached hydrogen (secondary N) is 1. The molecule has 0 saturated carbocycles. The van der Waals surface area contributed by atoms with Gasteiger partial charge >= 0.3 is 0 Å². The molecule has 1 amide bonds. The number of aliphatic hydroxyl groups excluding tert-OH is 2. The van der Waals surface area contributed by atoms with Crippen molar-refractivity contribution in [2.75, 3.05) is 18.5 Å². The van der Waals surface area contributed by atoms with Crippen LogP contribution in [0.2, 0.25) is 0 Å². The molecule has 2 aliphatic heterocycles. The first-order valence-corrected chi connectivity index (χ1v) is 13.7. The molecule has 10 heteroatoms. The lowest BCUT2D eigenvalue weighted by molar-refractivity contribution is -0.149. The number of allylic oxidation sites excluding steroid dienone is 5. The molecule has 0 radical (unpaired) electrons. The molecule has 1 aromatic rings. The summed E-state index contributed by atoms with van der Waals surface area (Å²) in [5.41, 5.74) is 7.16. The smallest absolute Gasteiger partial charge is 0.224 e. The van der Waals surface area contributed by atoms with Crippen LogP contribution in [-0.2, 0) is 4.79 Å². The van der Waals surface area contributed by atoms with E-state index >= 15 is 0 Å². The second kappa shape index (κ2) is 12.7. The summed E-state index contributed by atoms with van der Waals surface area (Å²) >= 11 is 0. The van der Waals surface area contributed by atoms with E-state index in [1.807, 2.05) is 31.0 Å². The van der Waals surface area contributed by atoms with Crippen molar-refractivity contribution in [3.05, 3.63) is 47.8 Å². The van der Waals surface area contributed by atoms with Gasteiger partial charge < -0.3 is 31.1 Å². The lowest BCUT2D eigenvalue weighted by atomic mass is 9.76. The number of aliphatic hydroxyl groups is 2. The predicted molar refractivity (Wildman–Crippen MR) is 156 cm³/mol. The second-order valence-corrected chi connectivity index (χ2v) is 11.6. The largest absolute Gasteiger partial charge is 0.512 e. The maximum Gasteiger partial charge on any atom is 0.224 e. The van der Waals surface area contributed by atoms with E-state index in [1.54, 1.807) is 24.8 Å². The van der Waals surface area contributed by atoms with Gasteiger partial charge in [0.15, 0.2) is 0 Å². The fraction of sp³-hybridized carbons (Fsp3) is 0.586. The van der Waals surface area contributed by atoms with E-state index in [9.17, 15) is 15.0 Å². The number of aromatic nitrogens is 2. The standard InChI is InChI=1S/C29H45N7O3/c1-7-9-24(37)22(11-8-10-20-16-33-27(39)34-17-20)23-18-32-25(19-31-23)35(6)21-14-28(2,3)36(26(38)12-13-30)29(4,5)15-21/h8,11,16-19,21,27,33,37,39H,7,9-10,12-15,30H2,1-6H3/b11-8-,24-22-. The Morgan fingerprint density at radius 3 is 2.44 bits per heavy atom. The average molecular weight is 540 g/mol. The van der Waals surface area contributed by atoms with E-state index in [4.69, 9.17) is 10.7 Å². The summed E-state index contributed by atoms with van der Waals surface area (Å²) in [5, 5.41) is 22.9. The molecule has 214 valence electrons. The fourth-order valence-electron chi connectivity index (χ4n) is 5.79. The normalized spacial score (nSPS) is 21.4. The number of hydrogen-bond donors (Lipinski definition) is 4. The lowest BCUT2D eigenvalue weighted by Gasteiger charge is -2.56. The van der Waals surface area contributed by atoms with Gasteiger partial charge in [-0.15, -0.1) is 0 Å². The van der Waals surface area contributed by atoms with E-state index in [0.717, 1.165) is 30.7 Å². The molecule has 1 aromatic heterocycles. The fourth-order valence-corrected chi connectivity index (χ4v) is 5.79. The molecule has 10 nitrogen and oxygen atoms in total. The molecule has 5 N–H and O–H groups in total.